The summed E-state index contributed by atoms with van der Waals surface area (Å²) in [5.74, 6) is 0.865. The van der Waals surface area contributed by atoms with E-state index in [1.807, 2.05) is 18.4 Å². The van der Waals surface area contributed by atoms with Crippen LogP contribution in [0.3, 0.4) is 0 Å². The maximum absolute atomic E-state index is 12.1. The Morgan fingerprint density at radius 1 is 1.67 bits per heavy atom. The Labute approximate surface area is 113 Å². The number of nitrogens with zero attached hydrogens (tertiary/aromatic N) is 1. The zero-order valence-corrected chi connectivity index (χ0v) is 12.0. The van der Waals surface area contributed by atoms with Gasteiger partial charge in [-0.25, -0.2) is 0 Å². The maximum Gasteiger partial charge on any atom is 0.237 e. The summed E-state index contributed by atoms with van der Waals surface area (Å²) in [7, 11) is 0. The van der Waals surface area contributed by atoms with Crippen molar-refractivity contribution >= 4 is 17.2 Å². The first-order chi connectivity index (χ1) is 8.66. The van der Waals surface area contributed by atoms with Crippen LogP contribution < -0.4 is 5.32 Å². The molecule has 0 aliphatic carbocycles. The van der Waals surface area contributed by atoms with Crippen molar-refractivity contribution < 1.29 is 4.79 Å². The van der Waals surface area contributed by atoms with Gasteiger partial charge in [-0.1, -0.05) is 13.0 Å². The molecule has 1 saturated heterocycles. The summed E-state index contributed by atoms with van der Waals surface area (Å²) in [6.07, 6.45) is 2.50. The highest BCUT2D eigenvalue weighted by Gasteiger charge is 2.25. The Balaban J connectivity index is 1.80. The molecule has 3 nitrogen and oxygen atoms in total. The summed E-state index contributed by atoms with van der Waals surface area (Å²) in [5.41, 5.74) is 0. The fourth-order valence-corrected chi connectivity index (χ4v) is 3.12. The second kappa shape index (κ2) is 6.34. The van der Waals surface area contributed by atoms with Crippen LogP contribution in [-0.4, -0.2) is 29.9 Å². The van der Waals surface area contributed by atoms with Crippen molar-refractivity contribution in [3.63, 3.8) is 0 Å². The average molecular weight is 266 g/mol. The number of amides is 1. The number of piperidine rings is 1. The second-order valence-electron chi connectivity index (χ2n) is 5.22. The highest BCUT2D eigenvalue weighted by atomic mass is 32.1. The van der Waals surface area contributed by atoms with Crippen LogP contribution in [0.1, 0.15) is 31.6 Å². The van der Waals surface area contributed by atoms with Crippen molar-refractivity contribution in [2.24, 2.45) is 5.92 Å². The van der Waals surface area contributed by atoms with Crippen LogP contribution in [0, 0.1) is 5.92 Å². The van der Waals surface area contributed by atoms with Gasteiger partial charge in [-0.3, -0.25) is 9.69 Å². The molecule has 2 atom stereocenters. The van der Waals surface area contributed by atoms with Gasteiger partial charge in [-0.15, -0.1) is 11.3 Å². The van der Waals surface area contributed by atoms with E-state index in [2.05, 4.69) is 23.2 Å². The SMILES string of the molecule is C[C@@H]1CCCN([C@H](C)C(=O)NCc2cccs2)C1. The molecule has 2 heterocycles. The minimum atomic E-state index is -0.00675. The molecule has 1 aliphatic heterocycles. The third-order valence-corrected chi connectivity index (χ3v) is 4.51. The number of carbonyl (C=O) groups is 1. The number of nitrogens with one attached hydrogen (secondary N) is 1. The predicted molar refractivity (Wildman–Crippen MR) is 75.6 cm³/mol. The molecule has 2 rings (SSSR count). The van der Waals surface area contributed by atoms with E-state index >= 15 is 0 Å². The van der Waals surface area contributed by atoms with Crippen LogP contribution in [0.15, 0.2) is 17.5 Å². The van der Waals surface area contributed by atoms with Crippen molar-refractivity contribution in [1.82, 2.24) is 10.2 Å². The molecule has 18 heavy (non-hydrogen) atoms. The Kier molecular flexibility index (Phi) is 4.78. The van der Waals surface area contributed by atoms with E-state index in [4.69, 9.17) is 0 Å². The van der Waals surface area contributed by atoms with Crippen molar-refractivity contribution in [3.05, 3.63) is 22.4 Å². The highest BCUT2D eigenvalue weighted by molar-refractivity contribution is 7.09. The molecule has 100 valence electrons. The van der Waals surface area contributed by atoms with E-state index in [0.717, 1.165) is 13.1 Å². The first-order valence-electron chi connectivity index (χ1n) is 6.71. The third kappa shape index (κ3) is 3.56. The van der Waals surface area contributed by atoms with E-state index < -0.39 is 0 Å². The molecule has 0 radical (unpaired) electrons. The lowest BCUT2D eigenvalue weighted by atomic mass is 9.99. The molecule has 1 aromatic rings. The van der Waals surface area contributed by atoms with E-state index in [1.54, 1.807) is 11.3 Å². The first kappa shape index (κ1) is 13.6. The van der Waals surface area contributed by atoms with Gasteiger partial charge < -0.3 is 5.32 Å². The fourth-order valence-electron chi connectivity index (χ4n) is 2.48. The zero-order valence-electron chi connectivity index (χ0n) is 11.2. The summed E-state index contributed by atoms with van der Waals surface area (Å²) < 4.78 is 0. The van der Waals surface area contributed by atoms with Gasteiger partial charge in [-0.05, 0) is 43.7 Å². The molecule has 0 spiro atoms. The standard InChI is InChI=1S/C14H22N2OS/c1-11-5-3-7-16(10-11)12(2)14(17)15-9-13-6-4-8-18-13/h4,6,8,11-12H,3,5,7,9-10H2,1-2H3,(H,15,17)/t11-,12-/m1/s1. The molecule has 1 fully saturated rings. The van der Waals surface area contributed by atoms with Crippen molar-refractivity contribution in [1.29, 1.82) is 0 Å². The fraction of sp³-hybridized carbons (Fsp3) is 0.643. The summed E-state index contributed by atoms with van der Waals surface area (Å²) in [6, 6.07) is 4.06. The van der Waals surface area contributed by atoms with Gasteiger partial charge in [0.05, 0.1) is 12.6 Å². The normalized spacial score (nSPS) is 22.7. The summed E-state index contributed by atoms with van der Waals surface area (Å²) in [6.45, 7) is 7.04. The Bertz CT molecular complexity index is 377. The summed E-state index contributed by atoms with van der Waals surface area (Å²) in [4.78, 5) is 15.6. The maximum atomic E-state index is 12.1. The molecule has 0 aromatic carbocycles. The number of hydrogen-bond donors (Lipinski definition) is 1. The summed E-state index contributed by atoms with van der Waals surface area (Å²) in [5, 5.41) is 5.07. The predicted octanol–water partition coefficient (Wildman–Crippen LogP) is 2.48. The van der Waals surface area contributed by atoms with Gasteiger partial charge in [0.25, 0.3) is 0 Å². The number of thiophene rings is 1. The molecule has 1 aromatic heterocycles. The topological polar surface area (TPSA) is 32.3 Å². The van der Waals surface area contributed by atoms with E-state index in [-0.39, 0.29) is 11.9 Å². The molecule has 0 saturated carbocycles. The lowest BCUT2D eigenvalue weighted by molar-refractivity contribution is -0.126. The van der Waals surface area contributed by atoms with Crippen molar-refractivity contribution in [3.8, 4) is 0 Å². The number of likely N-dealkylation sites (tertiary alicyclic amines) is 1. The molecule has 4 heteroatoms. The van der Waals surface area contributed by atoms with E-state index in [0.29, 0.717) is 12.5 Å². The van der Waals surface area contributed by atoms with Crippen LogP contribution in [0.25, 0.3) is 0 Å². The highest BCUT2D eigenvalue weighted by Crippen LogP contribution is 2.17. The first-order valence-corrected chi connectivity index (χ1v) is 7.59. The minimum absolute atomic E-state index is 0.00675. The van der Waals surface area contributed by atoms with E-state index in [9.17, 15) is 4.79 Å². The van der Waals surface area contributed by atoms with Crippen LogP contribution >= 0.6 is 11.3 Å². The quantitative estimate of drug-likeness (QED) is 0.908. The lowest BCUT2D eigenvalue weighted by Gasteiger charge is -2.34. The number of rotatable bonds is 4. The van der Waals surface area contributed by atoms with Gasteiger partial charge in [-0.2, -0.15) is 0 Å². The summed E-state index contributed by atoms with van der Waals surface area (Å²) >= 11 is 1.68. The molecule has 1 amide bonds. The van der Waals surface area contributed by atoms with Crippen molar-refractivity contribution in [2.45, 2.75) is 39.3 Å². The molecule has 1 aliphatic rings. The van der Waals surface area contributed by atoms with Crippen LogP contribution in [-0.2, 0) is 11.3 Å². The van der Waals surface area contributed by atoms with Crippen LogP contribution in [0.5, 0.6) is 0 Å². The molecule has 0 unspecified atom stereocenters. The van der Waals surface area contributed by atoms with Crippen molar-refractivity contribution in [2.75, 3.05) is 13.1 Å². The zero-order chi connectivity index (χ0) is 13.0. The Morgan fingerprint density at radius 2 is 2.50 bits per heavy atom. The lowest BCUT2D eigenvalue weighted by Crippen LogP contribution is -2.48. The minimum Gasteiger partial charge on any atom is -0.350 e. The van der Waals surface area contributed by atoms with E-state index in [1.165, 1.54) is 17.7 Å². The number of carbonyl (C=O) groups excluding carboxylic acids is 1. The average Bonchev–Trinajstić information content (AvgIpc) is 2.88. The van der Waals surface area contributed by atoms with Crippen LogP contribution in [0.4, 0.5) is 0 Å². The van der Waals surface area contributed by atoms with Gasteiger partial charge >= 0.3 is 0 Å². The van der Waals surface area contributed by atoms with Gasteiger partial charge in [0.15, 0.2) is 0 Å². The second-order valence-corrected chi connectivity index (χ2v) is 6.25. The Morgan fingerprint density at radius 3 is 3.17 bits per heavy atom. The molecular formula is C14H22N2OS. The van der Waals surface area contributed by atoms with Crippen LogP contribution in [0.2, 0.25) is 0 Å². The van der Waals surface area contributed by atoms with Gasteiger partial charge in [0.1, 0.15) is 0 Å². The van der Waals surface area contributed by atoms with Gasteiger partial charge in [0, 0.05) is 11.4 Å². The largest absolute Gasteiger partial charge is 0.350 e. The molecule has 1 N–H and O–H groups in total. The molecular weight excluding hydrogens is 244 g/mol. The Hall–Kier alpha value is -0.870. The molecule has 0 bridgehead atoms. The smallest absolute Gasteiger partial charge is 0.237 e. The number of hydrogen-bond acceptors (Lipinski definition) is 3. The monoisotopic (exact) mass is 266 g/mol. The van der Waals surface area contributed by atoms with Gasteiger partial charge in [0.2, 0.25) is 5.91 Å². The third-order valence-electron chi connectivity index (χ3n) is 3.63.